The summed E-state index contributed by atoms with van der Waals surface area (Å²) >= 11 is 0. The molecule has 0 saturated carbocycles. The van der Waals surface area contributed by atoms with Gasteiger partial charge in [-0.1, -0.05) is 20.8 Å². The smallest absolute Gasteiger partial charge is 0.237 e. The van der Waals surface area contributed by atoms with Crippen molar-refractivity contribution in [2.75, 3.05) is 19.6 Å². The molecule has 2 saturated heterocycles. The summed E-state index contributed by atoms with van der Waals surface area (Å²) in [6.07, 6.45) is 2.80. The van der Waals surface area contributed by atoms with Crippen molar-refractivity contribution < 1.29 is 9.59 Å². The minimum absolute atomic E-state index is 0.0367. The van der Waals surface area contributed by atoms with E-state index in [0.29, 0.717) is 5.92 Å². The third kappa shape index (κ3) is 3.51. The van der Waals surface area contributed by atoms with Crippen LogP contribution < -0.4 is 10.6 Å². The van der Waals surface area contributed by atoms with Crippen LogP contribution >= 0.6 is 0 Å². The van der Waals surface area contributed by atoms with Crippen LogP contribution in [0, 0.1) is 11.8 Å². The van der Waals surface area contributed by atoms with Crippen molar-refractivity contribution in [2.24, 2.45) is 11.8 Å². The number of hydrogen-bond donors (Lipinski definition) is 2. The Morgan fingerprint density at radius 3 is 2.35 bits per heavy atom. The van der Waals surface area contributed by atoms with E-state index in [-0.39, 0.29) is 29.8 Å². The summed E-state index contributed by atoms with van der Waals surface area (Å²) in [6, 6.07) is 0.179. The van der Waals surface area contributed by atoms with Crippen molar-refractivity contribution in [3.63, 3.8) is 0 Å². The lowest BCUT2D eigenvalue weighted by atomic mass is 10.00. The first-order valence-corrected chi connectivity index (χ1v) is 7.81. The van der Waals surface area contributed by atoms with E-state index in [0.717, 1.165) is 38.9 Å². The molecule has 2 N–H and O–H groups in total. The lowest BCUT2D eigenvalue weighted by molar-refractivity contribution is -0.135. The molecular weight excluding hydrogens is 254 g/mol. The normalized spacial score (nSPS) is 27.9. The van der Waals surface area contributed by atoms with E-state index in [1.807, 2.05) is 18.7 Å². The van der Waals surface area contributed by atoms with E-state index in [4.69, 9.17) is 0 Å². The van der Waals surface area contributed by atoms with Crippen LogP contribution in [-0.4, -0.2) is 48.4 Å². The molecule has 2 atom stereocenters. The molecule has 2 fully saturated rings. The second kappa shape index (κ2) is 6.57. The Bertz CT molecular complexity index is 362. The topological polar surface area (TPSA) is 61.4 Å². The van der Waals surface area contributed by atoms with Crippen LogP contribution in [0.3, 0.4) is 0 Å². The van der Waals surface area contributed by atoms with Crippen LogP contribution in [0.2, 0.25) is 0 Å². The van der Waals surface area contributed by atoms with Crippen LogP contribution in [-0.2, 0) is 9.59 Å². The molecule has 0 bridgehead atoms. The van der Waals surface area contributed by atoms with Gasteiger partial charge >= 0.3 is 0 Å². The third-order valence-electron chi connectivity index (χ3n) is 4.46. The first-order valence-electron chi connectivity index (χ1n) is 7.81. The molecule has 2 rings (SSSR count). The average molecular weight is 281 g/mol. The van der Waals surface area contributed by atoms with Crippen molar-refractivity contribution >= 4 is 11.8 Å². The van der Waals surface area contributed by atoms with E-state index in [1.165, 1.54) is 0 Å². The van der Waals surface area contributed by atoms with E-state index in [1.54, 1.807) is 0 Å². The number of likely N-dealkylation sites (tertiary alicyclic amines) is 1. The highest BCUT2D eigenvalue weighted by molar-refractivity contribution is 5.82. The van der Waals surface area contributed by atoms with Gasteiger partial charge in [-0.25, -0.2) is 0 Å². The highest BCUT2D eigenvalue weighted by Crippen LogP contribution is 2.17. The lowest BCUT2D eigenvalue weighted by Crippen LogP contribution is -2.51. The molecule has 2 heterocycles. The van der Waals surface area contributed by atoms with Gasteiger partial charge in [0.05, 0.1) is 6.04 Å². The molecule has 0 aromatic heterocycles. The monoisotopic (exact) mass is 281 g/mol. The highest BCUT2D eigenvalue weighted by Gasteiger charge is 2.31. The molecule has 2 aliphatic rings. The zero-order chi connectivity index (χ0) is 14.7. The zero-order valence-corrected chi connectivity index (χ0v) is 12.8. The fourth-order valence-electron chi connectivity index (χ4n) is 3.09. The van der Waals surface area contributed by atoms with Gasteiger partial charge in [-0.05, 0) is 31.7 Å². The van der Waals surface area contributed by atoms with Gasteiger partial charge in [0.25, 0.3) is 0 Å². The minimum atomic E-state index is -0.0367. The summed E-state index contributed by atoms with van der Waals surface area (Å²) in [4.78, 5) is 26.0. The Balaban J connectivity index is 1.77. The Labute approximate surface area is 121 Å². The molecule has 2 unspecified atom stereocenters. The number of rotatable bonds is 3. The lowest BCUT2D eigenvalue weighted by Gasteiger charge is -2.34. The molecule has 114 valence electrons. The highest BCUT2D eigenvalue weighted by atomic mass is 16.2. The van der Waals surface area contributed by atoms with Gasteiger partial charge in [-0.3, -0.25) is 9.59 Å². The minimum Gasteiger partial charge on any atom is -0.352 e. The number of carbonyl (C=O) groups excluding carboxylic acids is 2. The molecule has 0 aromatic rings. The Kier molecular flexibility index (Phi) is 5.02. The Hall–Kier alpha value is -1.10. The maximum atomic E-state index is 12.2. The first kappa shape index (κ1) is 15.3. The quantitative estimate of drug-likeness (QED) is 0.802. The number of nitrogens with one attached hydrogen (secondary N) is 2. The fraction of sp³-hybridized carbons (Fsp3) is 0.867. The number of hydrogen-bond acceptors (Lipinski definition) is 3. The fourth-order valence-corrected chi connectivity index (χ4v) is 3.09. The van der Waals surface area contributed by atoms with E-state index in [2.05, 4.69) is 17.6 Å². The van der Waals surface area contributed by atoms with E-state index >= 15 is 0 Å². The molecule has 5 heteroatoms. The SMILES string of the molecule is CC(C)C(=O)N1CCC(NC(=O)C2NCCC2C)CC1. The van der Waals surface area contributed by atoms with Crippen LogP contribution in [0.4, 0.5) is 0 Å². The second-order valence-electron chi connectivity index (χ2n) is 6.46. The average Bonchev–Trinajstić information content (AvgIpc) is 2.85. The molecule has 0 radical (unpaired) electrons. The van der Waals surface area contributed by atoms with Gasteiger partial charge in [-0.15, -0.1) is 0 Å². The molecule has 2 amide bonds. The first-order chi connectivity index (χ1) is 9.49. The molecule has 0 spiro atoms. The summed E-state index contributed by atoms with van der Waals surface area (Å²) in [5, 5.41) is 6.40. The van der Waals surface area contributed by atoms with Gasteiger partial charge < -0.3 is 15.5 Å². The summed E-state index contributed by atoms with van der Waals surface area (Å²) in [6.45, 7) is 8.44. The standard InChI is InChI=1S/C15H27N3O2/c1-10(2)15(20)18-8-5-12(6-9-18)17-14(19)13-11(3)4-7-16-13/h10-13,16H,4-9H2,1-3H3,(H,17,19). The van der Waals surface area contributed by atoms with Crippen LogP contribution in [0.15, 0.2) is 0 Å². The van der Waals surface area contributed by atoms with Gasteiger partial charge in [0.1, 0.15) is 0 Å². The van der Waals surface area contributed by atoms with E-state index < -0.39 is 0 Å². The maximum absolute atomic E-state index is 12.2. The predicted molar refractivity (Wildman–Crippen MR) is 78.2 cm³/mol. The van der Waals surface area contributed by atoms with Gasteiger partial charge in [0.15, 0.2) is 0 Å². The van der Waals surface area contributed by atoms with Crippen molar-refractivity contribution in [2.45, 2.75) is 52.1 Å². The number of piperidine rings is 1. The van der Waals surface area contributed by atoms with Crippen LogP contribution in [0.5, 0.6) is 0 Å². The third-order valence-corrected chi connectivity index (χ3v) is 4.46. The van der Waals surface area contributed by atoms with E-state index in [9.17, 15) is 9.59 Å². The van der Waals surface area contributed by atoms with Crippen molar-refractivity contribution in [1.29, 1.82) is 0 Å². The Morgan fingerprint density at radius 1 is 1.20 bits per heavy atom. The van der Waals surface area contributed by atoms with Gasteiger partial charge in [-0.2, -0.15) is 0 Å². The number of nitrogens with zero attached hydrogens (tertiary/aromatic N) is 1. The predicted octanol–water partition coefficient (Wildman–Crippen LogP) is 0.748. The van der Waals surface area contributed by atoms with Crippen molar-refractivity contribution in [1.82, 2.24) is 15.5 Å². The largest absolute Gasteiger partial charge is 0.352 e. The summed E-state index contributed by atoms with van der Waals surface area (Å²) in [5.74, 6) is 0.826. The summed E-state index contributed by atoms with van der Waals surface area (Å²) in [5.41, 5.74) is 0. The van der Waals surface area contributed by atoms with Crippen LogP contribution in [0.1, 0.15) is 40.0 Å². The Morgan fingerprint density at radius 2 is 1.85 bits per heavy atom. The van der Waals surface area contributed by atoms with Crippen molar-refractivity contribution in [3.05, 3.63) is 0 Å². The summed E-state index contributed by atoms with van der Waals surface area (Å²) < 4.78 is 0. The molecular formula is C15H27N3O2. The maximum Gasteiger partial charge on any atom is 0.237 e. The van der Waals surface area contributed by atoms with Crippen LogP contribution in [0.25, 0.3) is 0 Å². The number of amides is 2. The molecule has 5 nitrogen and oxygen atoms in total. The van der Waals surface area contributed by atoms with Gasteiger partial charge in [0.2, 0.25) is 11.8 Å². The zero-order valence-electron chi connectivity index (χ0n) is 12.8. The molecule has 0 aromatic carbocycles. The van der Waals surface area contributed by atoms with Crippen molar-refractivity contribution in [3.8, 4) is 0 Å². The van der Waals surface area contributed by atoms with Gasteiger partial charge in [0, 0.05) is 25.0 Å². The second-order valence-corrected chi connectivity index (χ2v) is 6.46. The number of carbonyl (C=O) groups is 2. The molecule has 20 heavy (non-hydrogen) atoms. The molecule has 0 aliphatic carbocycles. The molecule has 2 aliphatic heterocycles. The summed E-state index contributed by atoms with van der Waals surface area (Å²) in [7, 11) is 0.